The molecule has 0 bridgehead atoms. The first-order valence-corrected chi connectivity index (χ1v) is 12.3. The van der Waals surface area contributed by atoms with Gasteiger partial charge in [-0.1, -0.05) is 58.0 Å². The average molecular weight is 520 g/mol. The molecule has 4 atom stereocenters. The van der Waals surface area contributed by atoms with Crippen molar-refractivity contribution in [1.29, 1.82) is 0 Å². The third-order valence-electron chi connectivity index (χ3n) is 5.69. The van der Waals surface area contributed by atoms with E-state index >= 15 is 0 Å². The molecule has 3 amide bonds. The lowest BCUT2D eigenvalue weighted by Gasteiger charge is -2.28. The summed E-state index contributed by atoms with van der Waals surface area (Å²) in [5, 5.41) is 17.2. The minimum Gasteiger partial charge on any atom is -0.480 e. The molecule has 206 valence electrons. The molecule has 1 rings (SSSR count). The van der Waals surface area contributed by atoms with E-state index in [1.165, 1.54) is 0 Å². The Balaban J connectivity index is 2.99. The van der Waals surface area contributed by atoms with E-state index in [1.54, 1.807) is 27.7 Å². The number of carbonyl (C=O) groups excluding carboxylic acids is 3. The van der Waals surface area contributed by atoms with Gasteiger partial charge >= 0.3 is 5.97 Å². The maximum atomic E-state index is 13.2. The molecule has 0 saturated carbocycles. The number of hydrogen-bond donors (Lipinski definition) is 7. The van der Waals surface area contributed by atoms with Crippen LogP contribution in [-0.4, -0.2) is 65.5 Å². The number of guanidine groups is 1. The topological polar surface area (TPSA) is 215 Å². The molecule has 1 aromatic rings. The average Bonchev–Trinajstić information content (AvgIpc) is 2.82. The van der Waals surface area contributed by atoms with E-state index in [0.717, 1.165) is 5.56 Å². The maximum Gasteiger partial charge on any atom is 0.326 e. The zero-order valence-electron chi connectivity index (χ0n) is 21.9. The zero-order valence-corrected chi connectivity index (χ0v) is 21.9. The van der Waals surface area contributed by atoms with Gasteiger partial charge in [0.15, 0.2) is 5.96 Å². The van der Waals surface area contributed by atoms with Gasteiger partial charge in [0.1, 0.15) is 18.1 Å². The molecule has 0 aromatic heterocycles. The lowest BCUT2D eigenvalue weighted by atomic mass is 9.99. The normalized spacial score (nSPS) is 14.2. The highest BCUT2D eigenvalue weighted by Gasteiger charge is 2.32. The monoisotopic (exact) mass is 519 g/mol. The molecule has 37 heavy (non-hydrogen) atoms. The molecule has 0 fully saturated rings. The van der Waals surface area contributed by atoms with Crippen LogP contribution in [0.5, 0.6) is 0 Å². The number of hydrogen-bond acceptors (Lipinski definition) is 6. The molecule has 12 heteroatoms. The summed E-state index contributed by atoms with van der Waals surface area (Å²) in [7, 11) is 0. The van der Waals surface area contributed by atoms with Crippen LogP contribution in [0.1, 0.15) is 46.1 Å². The molecule has 12 nitrogen and oxygen atoms in total. The van der Waals surface area contributed by atoms with Crippen LogP contribution in [-0.2, 0) is 25.6 Å². The number of nitrogens with one attached hydrogen (secondary N) is 3. The smallest absolute Gasteiger partial charge is 0.326 e. The summed E-state index contributed by atoms with van der Waals surface area (Å²) in [5.41, 5.74) is 17.7. The third kappa shape index (κ3) is 11.3. The third-order valence-corrected chi connectivity index (χ3v) is 5.69. The Morgan fingerprint density at radius 1 is 0.865 bits per heavy atom. The van der Waals surface area contributed by atoms with Crippen molar-refractivity contribution < 1.29 is 24.3 Å². The second-order valence-electron chi connectivity index (χ2n) is 9.60. The van der Waals surface area contributed by atoms with Crippen LogP contribution in [0, 0.1) is 11.8 Å². The van der Waals surface area contributed by atoms with Crippen LogP contribution in [0.2, 0.25) is 0 Å². The number of carboxylic acid groups (broad SMARTS) is 1. The number of carbonyl (C=O) groups is 4. The molecule has 0 aliphatic heterocycles. The first-order valence-electron chi connectivity index (χ1n) is 12.3. The summed E-state index contributed by atoms with van der Waals surface area (Å²) < 4.78 is 0. The van der Waals surface area contributed by atoms with Crippen LogP contribution in [0.3, 0.4) is 0 Å². The minimum absolute atomic E-state index is 0.0930. The molecule has 0 heterocycles. The molecular weight excluding hydrogens is 478 g/mol. The summed E-state index contributed by atoms with van der Waals surface area (Å²) in [5.74, 6) is -3.74. The number of amides is 3. The van der Waals surface area contributed by atoms with Crippen LogP contribution in [0.15, 0.2) is 35.3 Å². The van der Waals surface area contributed by atoms with Gasteiger partial charge in [-0.15, -0.1) is 0 Å². The predicted molar refractivity (Wildman–Crippen MR) is 141 cm³/mol. The second-order valence-corrected chi connectivity index (χ2v) is 9.60. The second kappa shape index (κ2) is 15.4. The van der Waals surface area contributed by atoms with E-state index < -0.39 is 47.9 Å². The molecule has 1 aromatic carbocycles. The molecule has 0 radical (unpaired) electrons. The molecule has 4 unspecified atom stereocenters. The fourth-order valence-electron chi connectivity index (χ4n) is 3.56. The largest absolute Gasteiger partial charge is 0.480 e. The highest BCUT2D eigenvalue weighted by Crippen LogP contribution is 2.09. The van der Waals surface area contributed by atoms with Gasteiger partial charge in [-0.25, -0.2) is 4.79 Å². The number of nitrogens with two attached hydrogens (primary N) is 3. The fraction of sp³-hybridized carbons (Fsp3) is 0.560. The number of aliphatic carboxylic acids is 1. The number of carboxylic acids is 1. The standard InChI is InChI=1S/C25H41N7O5/c1-14(2)19(23(35)32-20(15(3)4)24(36)37)31-22(34)18(11-8-12-29-25(27)28)30-21(33)17(26)13-16-9-6-5-7-10-16/h5-7,9-10,14-15,17-20H,8,11-13,26H2,1-4H3,(H,30,33)(H,31,34)(H,32,35)(H,36,37)(H4,27,28,29). The van der Waals surface area contributed by atoms with Gasteiger partial charge in [0.2, 0.25) is 17.7 Å². The predicted octanol–water partition coefficient (Wildman–Crippen LogP) is -0.539. The van der Waals surface area contributed by atoms with Crippen molar-refractivity contribution in [3.63, 3.8) is 0 Å². The first-order chi connectivity index (χ1) is 17.3. The van der Waals surface area contributed by atoms with Gasteiger partial charge in [0.05, 0.1) is 6.04 Å². The van der Waals surface area contributed by atoms with E-state index in [9.17, 15) is 24.3 Å². The molecule has 0 aliphatic carbocycles. The van der Waals surface area contributed by atoms with E-state index in [1.807, 2.05) is 30.3 Å². The van der Waals surface area contributed by atoms with Crippen molar-refractivity contribution in [2.24, 2.45) is 34.0 Å². The first kappa shape index (κ1) is 31.4. The van der Waals surface area contributed by atoms with E-state index in [4.69, 9.17) is 17.2 Å². The SMILES string of the molecule is CC(C)C(NC(=O)C(NC(=O)C(CCCN=C(N)N)NC(=O)C(N)Cc1ccccc1)C(C)C)C(=O)O. The van der Waals surface area contributed by atoms with Gasteiger partial charge in [-0.2, -0.15) is 0 Å². The Hall–Kier alpha value is -3.67. The van der Waals surface area contributed by atoms with Crippen LogP contribution >= 0.6 is 0 Å². The number of aliphatic imine (C=N–C) groups is 1. The van der Waals surface area contributed by atoms with Crippen molar-refractivity contribution in [2.45, 2.75) is 71.1 Å². The van der Waals surface area contributed by atoms with Crippen molar-refractivity contribution >= 4 is 29.7 Å². The van der Waals surface area contributed by atoms with E-state index in [2.05, 4.69) is 20.9 Å². The molecule has 0 spiro atoms. The van der Waals surface area contributed by atoms with Gasteiger partial charge in [0, 0.05) is 6.54 Å². The number of rotatable bonds is 15. The summed E-state index contributed by atoms with van der Waals surface area (Å²) in [6.07, 6.45) is 0.831. The lowest BCUT2D eigenvalue weighted by molar-refractivity contribution is -0.143. The van der Waals surface area contributed by atoms with Crippen LogP contribution < -0.4 is 33.2 Å². The van der Waals surface area contributed by atoms with Crippen molar-refractivity contribution in [3.8, 4) is 0 Å². The van der Waals surface area contributed by atoms with Gasteiger partial charge in [-0.05, 0) is 36.7 Å². The summed E-state index contributed by atoms with van der Waals surface area (Å²) in [4.78, 5) is 54.3. The van der Waals surface area contributed by atoms with Crippen LogP contribution in [0.25, 0.3) is 0 Å². The van der Waals surface area contributed by atoms with Gasteiger partial charge in [0.25, 0.3) is 0 Å². The number of benzene rings is 1. The van der Waals surface area contributed by atoms with Crippen molar-refractivity contribution in [2.75, 3.05) is 6.54 Å². The zero-order chi connectivity index (χ0) is 28.1. The Bertz CT molecular complexity index is 933. The van der Waals surface area contributed by atoms with E-state index in [-0.39, 0.29) is 37.2 Å². The molecular formula is C25H41N7O5. The lowest BCUT2D eigenvalue weighted by Crippen LogP contribution is -2.59. The minimum atomic E-state index is -1.17. The Morgan fingerprint density at radius 2 is 1.43 bits per heavy atom. The Labute approximate surface area is 217 Å². The van der Waals surface area contributed by atoms with Crippen molar-refractivity contribution in [1.82, 2.24) is 16.0 Å². The quantitative estimate of drug-likeness (QED) is 0.0905. The highest BCUT2D eigenvalue weighted by molar-refractivity contribution is 5.94. The summed E-state index contributed by atoms with van der Waals surface area (Å²) in [6.45, 7) is 7.02. The van der Waals surface area contributed by atoms with Gasteiger partial charge in [-0.3, -0.25) is 19.4 Å². The van der Waals surface area contributed by atoms with Gasteiger partial charge < -0.3 is 38.3 Å². The summed E-state index contributed by atoms with van der Waals surface area (Å²) >= 11 is 0. The maximum absolute atomic E-state index is 13.2. The van der Waals surface area contributed by atoms with Crippen molar-refractivity contribution in [3.05, 3.63) is 35.9 Å². The van der Waals surface area contributed by atoms with E-state index in [0.29, 0.717) is 6.42 Å². The highest BCUT2D eigenvalue weighted by atomic mass is 16.4. The summed E-state index contributed by atoms with van der Waals surface area (Å²) in [6, 6.07) is 5.17. The molecule has 0 saturated heterocycles. The number of nitrogens with zero attached hydrogens (tertiary/aromatic N) is 1. The Kier molecular flexibility index (Phi) is 13.1. The Morgan fingerprint density at radius 3 is 1.95 bits per heavy atom. The fourth-order valence-corrected chi connectivity index (χ4v) is 3.56. The molecule has 10 N–H and O–H groups in total. The molecule has 0 aliphatic rings. The van der Waals surface area contributed by atoms with Crippen LogP contribution in [0.4, 0.5) is 0 Å².